The number of aliphatic hydroxyl groups excluding tert-OH is 1. The van der Waals surface area contributed by atoms with Crippen LogP contribution in [0.1, 0.15) is 39.5 Å². The normalized spacial score (nSPS) is 24.2. The van der Waals surface area contributed by atoms with Crippen molar-refractivity contribution in [2.75, 3.05) is 53.4 Å². The second-order valence-corrected chi connectivity index (χ2v) is 6.42. The topological polar surface area (TPSA) is 131 Å². The first-order valence-electron chi connectivity index (χ1n) is 10.1. The molecule has 0 spiro atoms. The standard InChI is InChI=1S/C9H20N4.C6H14N4.C3H8O/c1-3-5-11-7-8-4-6-12-9(10-2)13-8;1-8-6-9-3-2-5(4-7)10-6;1-2-3-4/h8,11H,3-7H2,1-2H3,(H2,10,12,13);5H,2-4,7H2,1H3,(H2,8,9,10);4H,2-3H2,1H3. The predicted octanol–water partition coefficient (Wildman–Crippen LogP) is -0.806. The molecule has 9 heteroatoms. The Balaban J connectivity index is 0.000000428. The molecule has 8 N–H and O–H groups in total. The molecule has 2 rings (SSSR count). The van der Waals surface area contributed by atoms with Crippen LogP contribution in [0.15, 0.2) is 9.98 Å². The van der Waals surface area contributed by atoms with E-state index in [9.17, 15) is 0 Å². The summed E-state index contributed by atoms with van der Waals surface area (Å²) < 4.78 is 0. The Hall–Kier alpha value is -1.58. The van der Waals surface area contributed by atoms with Crippen molar-refractivity contribution in [3.05, 3.63) is 0 Å². The largest absolute Gasteiger partial charge is 0.396 e. The highest BCUT2D eigenvalue weighted by atomic mass is 16.2. The van der Waals surface area contributed by atoms with Gasteiger partial charge in [-0.25, -0.2) is 0 Å². The Labute approximate surface area is 165 Å². The zero-order valence-electron chi connectivity index (χ0n) is 17.6. The number of rotatable bonds is 6. The number of nitrogens with zero attached hydrogens (tertiary/aromatic N) is 2. The Morgan fingerprint density at radius 3 is 1.96 bits per heavy atom. The van der Waals surface area contributed by atoms with Crippen molar-refractivity contribution in [2.45, 2.75) is 51.6 Å². The van der Waals surface area contributed by atoms with Gasteiger partial charge in [0, 0.05) is 59.0 Å². The summed E-state index contributed by atoms with van der Waals surface area (Å²) in [5.41, 5.74) is 5.47. The molecular weight excluding hydrogens is 344 g/mol. The van der Waals surface area contributed by atoms with E-state index in [2.05, 4.69) is 43.5 Å². The van der Waals surface area contributed by atoms with Crippen molar-refractivity contribution in [1.29, 1.82) is 0 Å². The minimum atomic E-state index is 0.319. The van der Waals surface area contributed by atoms with Gasteiger partial charge in [-0.1, -0.05) is 13.8 Å². The molecule has 0 bridgehead atoms. The van der Waals surface area contributed by atoms with Gasteiger partial charge in [0.2, 0.25) is 0 Å². The van der Waals surface area contributed by atoms with Crippen LogP contribution in [-0.2, 0) is 0 Å². The van der Waals surface area contributed by atoms with Gasteiger partial charge in [0.25, 0.3) is 0 Å². The number of guanidine groups is 2. The fourth-order valence-electron chi connectivity index (χ4n) is 2.43. The fourth-order valence-corrected chi connectivity index (χ4v) is 2.43. The van der Waals surface area contributed by atoms with E-state index in [1.165, 1.54) is 6.42 Å². The van der Waals surface area contributed by atoms with Crippen molar-refractivity contribution < 1.29 is 5.11 Å². The molecule has 0 aromatic carbocycles. The maximum absolute atomic E-state index is 7.88. The summed E-state index contributed by atoms with van der Waals surface area (Å²) in [6.07, 6.45) is 4.31. The molecule has 2 saturated heterocycles. The monoisotopic (exact) mass is 386 g/mol. The van der Waals surface area contributed by atoms with E-state index in [0.29, 0.717) is 25.2 Å². The third kappa shape index (κ3) is 13.3. The molecule has 2 aliphatic rings. The van der Waals surface area contributed by atoms with E-state index < -0.39 is 0 Å². The van der Waals surface area contributed by atoms with E-state index in [4.69, 9.17) is 10.8 Å². The van der Waals surface area contributed by atoms with E-state index in [1.807, 2.05) is 6.92 Å². The van der Waals surface area contributed by atoms with Crippen molar-refractivity contribution in [2.24, 2.45) is 15.7 Å². The van der Waals surface area contributed by atoms with Gasteiger partial charge in [-0.2, -0.15) is 0 Å². The molecule has 9 nitrogen and oxygen atoms in total. The van der Waals surface area contributed by atoms with E-state index in [0.717, 1.165) is 57.4 Å². The molecular formula is C18H42N8O. The number of aliphatic imine (C=N–C) groups is 2. The van der Waals surface area contributed by atoms with Crippen LogP contribution in [0.4, 0.5) is 0 Å². The first-order chi connectivity index (χ1) is 13.1. The van der Waals surface area contributed by atoms with Gasteiger partial charge >= 0.3 is 0 Å². The van der Waals surface area contributed by atoms with Crippen LogP contribution in [0, 0.1) is 0 Å². The molecule has 2 fully saturated rings. The maximum atomic E-state index is 7.88. The highest BCUT2D eigenvalue weighted by Crippen LogP contribution is 1.95. The predicted molar refractivity (Wildman–Crippen MR) is 115 cm³/mol. The van der Waals surface area contributed by atoms with Crippen molar-refractivity contribution in [3.8, 4) is 0 Å². The van der Waals surface area contributed by atoms with Crippen LogP contribution in [0.25, 0.3) is 0 Å². The van der Waals surface area contributed by atoms with Crippen LogP contribution in [0.5, 0.6) is 0 Å². The Bertz CT molecular complexity index is 401. The van der Waals surface area contributed by atoms with Gasteiger partial charge in [0.1, 0.15) is 0 Å². The highest BCUT2D eigenvalue weighted by molar-refractivity contribution is 5.81. The lowest BCUT2D eigenvalue weighted by atomic mass is 10.2. The van der Waals surface area contributed by atoms with Gasteiger partial charge in [-0.05, 0) is 32.2 Å². The van der Waals surface area contributed by atoms with Crippen LogP contribution >= 0.6 is 0 Å². The van der Waals surface area contributed by atoms with Crippen LogP contribution < -0.4 is 32.3 Å². The molecule has 27 heavy (non-hydrogen) atoms. The van der Waals surface area contributed by atoms with E-state index in [1.54, 1.807) is 14.1 Å². The molecule has 160 valence electrons. The second kappa shape index (κ2) is 17.8. The lowest BCUT2D eigenvalue weighted by Gasteiger charge is -2.27. The summed E-state index contributed by atoms with van der Waals surface area (Å²) in [7, 11) is 3.56. The average molecular weight is 387 g/mol. The molecule has 0 aromatic rings. The summed E-state index contributed by atoms with van der Waals surface area (Å²) in [5, 5.41) is 24.1. The molecule has 0 aromatic heterocycles. The van der Waals surface area contributed by atoms with Crippen molar-refractivity contribution >= 4 is 11.9 Å². The minimum Gasteiger partial charge on any atom is -0.396 e. The summed E-state index contributed by atoms with van der Waals surface area (Å²) in [5.74, 6) is 1.79. The molecule has 0 radical (unpaired) electrons. The Morgan fingerprint density at radius 1 is 1.00 bits per heavy atom. The minimum absolute atomic E-state index is 0.319. The Morgan fingerprint density at radius 2 is 1.52 bits per heavy atom. The molecule has 0 aliphatic carbocycles. The molecule has 2 heterocycles. The summed E-state index contributed by atoms with van der Waals surface area (Å²) in [4.78, 5) is 8.08. The summed E-state index contributed by atoms with van der Waals surface area (Å²) in [6, 6.07) is 0.937. The molecule has 2 unspecified atom stereocenters. The number of nitrogens with two attached hydrogens (primary N) is 1. The zero-order chi connectivity index (χ0) is 20.3. The van der Waals surface area contributed by atoms with Gasteiger partial charge < -0.3 is 37.4 Å². The van der Waals surface area contributed by atoms with Crippen LogP contribution in [-0.4, -0.2) is 82.5 Å². The van der Waals surface area contributed by atoms with Crippen LogP contribution in [0.3, 0.4) is 0 Å². The van der Waals surface area contributed by atoms with Crippen LogP contribution in [0.2, 0.25) is 0 Å². The van der Waals surface area contributed by atoms with Crippen molar-refractivity contribution in [1.82, 2.24) is 26.6 Å². The first-order valence-corrected chi connectivity index (χ1v) is 10.1. The smallest absolute Gasteiger partial charge is 0.191 e. The average Bonchev–Trinajstić information content (AvgIpc) is 2.74. The van der Waals surface area contributed by atoms with Gasteiger partial charge in [0.15, 0.2) is 11.9 Å². The Kier molecular flexibility index (Phi) is 16.8. The fraction of sp³-hybridized carbons (Fsp3) is 0.889. The maximum Gasteiger partial charge on any atom is 0.191 e. The molecule has 0 saturated carbocycles. The van der Waals surface area contributed by atoms with E-state index >= 15 is 0 Å². The lowest BCUT2D eigenvalue weighted by Crippen LogP contribution is -2.53. The SMILES string of the molecule is CCCNCC1CCNC(=NC)N1.CCCO.CN=C1NCCC(CN)N1. The van der Waals surface area contributed by atoms with Gasteiger partial charge in [-0.3, -0.25) is 9.98 Å². The van der Waals surface area contributed by atoms with Gasteiger partial charge in [-0.15, -0.1) is 0 Å². The third-order valence-corrected chi connectivity index (χ3v) is 4.03. The zero-order valence-corrected chi connectivity index (χ0v) is 17.6. The second-order valence-electron chi connectivity index (χ2n) is 6.42. The molecule has 2 aliphatic heterocycles. The third-order valence-electron chi connectivity index (χ3n) is 4.03. The number of hydrogen-bond donors (Lipinski definition) is 7. The summed E-state index contributed by atoms with van der Waals surface area (Å²) in [6.45, 7) is 9.25. The number of hydrogen-bond acceptors (Lipinski definition) is 5. The number of nitrogens with one attached hydrogen (secondary N) is 5. The number of aliphatic hydroxyl groups is 1. The quantitative estimate of drug-likeness (QED) is 0.297. The molecule has 2 atom stereocenters. The first kappa shape index (κ1) is 25.4. The highest BCUT2D eigenvalue weighted by Gasteiger charge is 2.14. The van der Waals surface area contributed by atoms with E-state index in [-0.39, 0.29) is 0 Å². The molecule has 0 amide bonds. The van der Waals surface area contributed by atoms with Crippen molar-refractivity contribution in [3.63, 3.8) is 0 Å². The summed E-state index contributed by atoms with van der Waals surface area (Å²) >= 11 is 0. The lowest BCUT2D eigenvalue weighted by molar-refractivity contribution is 0.295. The van der Waals surface area contributed by atoms with Gasteiger partial charge in [0.05, 0.1) is 0 Å².